The summed E-state index contributed by atoms with van der Waals surface area (Å²) in [5, 5.41) is 0. The molecule has 0 aromatic heterocycles. The fourth-order valence-corrected chi connectivity index (χ4v) is 4.74. The molecule has 0 unspecified atom stereocenters. The number of ketones is 1. The van der Waals surface area contributed by atoms with E-state index in [0.717, 1.165) is 17.3 Å². The van der Waals surface area contributed by atoms with E-state index < -0.39 is 0 Å². The second-order valence-corrected chi connectivity index (χ2v) is 8.12. The van der Waals surface area contributed by atoms with Gasteiger partial charge in [0.1, 0.15) is 6.04 Å². The minimum atomic E-state index is 0. The van der Waals surface area contributed by atoms with Gasteiger partial charge in [0.25, 0.3) is 0 Å². The van der Waals surface area contributed by atoms with Crippen molar-refractivity contribution >= 4 is 5.78 Å². The summed E-state index contributed by atoms with van der Waals surface area (Å²) in [6.45, 7) is 12.4. The van der Waals surface area contributed by atoms with E-state index in [4.69, 9.17) is 0 Å². The molecule has 1 aliphatic heterocycles. The average molecular weight is 433 g/mol. The predicted molar refractivity (Wildman–Crippen MR) is 107 cm³/mol. The Morgan fingerprint density at radius 2 is 1.65 bits per heavy atom. The van der Waals surface area contributed by atoms with E-state index in [9.17, 15) is 4.79 Å². The third-order valence-electron chi connectivity index (χ3n) is 6.25. The Balaban J connectivity index is 0.00000338. The molecule has 2 nitrogen and oxygen atoms in total. The van der Waals surface area contributed by atoms with Gasteiger partial charge < -0.3 is 4.48 Å². The molecule has 1 aliphatic rings. The average Bonchev–Trinajstić information content (AvgIpc) is 2.61. The first-order valence-corrected chi connectivity index (χ1v) is 10.5. The summed E-state index contributed by atoms with van der Waals surface area (Å²) >= 11 is 0. The van der Waals surface area contributed by atoms with Crippen molar-refractivity contribution < 1.29 is 42.0 Å². The first kappa shape index (κ1) is 24.0. The molecule has 1 radical (unpaired) electrons. The van der Waals surface area contributed by atoms with Gasteiger partial charge in [-0.3, -0.25) is 4.79 Å². The van der Waals surface area contributed by atoms with E-state index in [-0.39, 0.29) is 38.8 Å². The maximum atomic E-state index is 13.5. The summed E-state index contributed by atoms with van der Waals surface area (Å²) in [6, 6.07) is 6.59. The van der Waals surface area contributed by atoms with Gasteiger partial charge in [-0.25, -0.2) is 0 Å². The van der Waals surface area contributed by atoms with Crippen LogP contribution in [0.1, 0.15) is 75.5 Å². The SMILES string of the molecule is CCCC[N+]1([C@@H](CCC)C(=O)Cc2c(C)cccc2C)CCCCC1.[Y]. The van der Waals surface area contributed by atoms with Crippen molar-refractivity contribution in [1.82, 2.24) is 0 Å². The number of quaternary nitrogens is 1. The van der Waals surface area contributed by atoms with Crippen molar-refractivity contribution in [2.75, 3.05) is 19.6 Å². The van der Waals surface area contributed by atoms with Crippen molar-refractivity contribution in [3.63, 3.8) is 0 Å². The van der Waals surface area contributed by atoms with Crippen LogP contribution in [0.15, 0.2) is 18.2 Å². The molecule has 26 heavy (non-hydrogen) atoms. The van der Waals surface area contributed by atoms with E-state index in [0.29, 0.717) is 12.2 Å². The molecule has 3 heteroatoms. The minimum Gasteiger partial charge on any atom is -0.315 e. The summed E-state index contributed by atoms with van der Waals surface area (Å²) in [4.78, 5) is 13.5. The summed E-state index contributed by atoms with van der Waals surface area (Å²) in [6.07, 6.45) is 9.18. The Labute approximate surface area is 186 Å². The van der Waals surface area contributed by atoms with E-state index in [2.05, 4.69) is 45.9 Å². The maximum Gasteiger partial charge on any atom is 0.194 e. The largest absolute Gasteiger partial charge is 0.315 e. The quantitative estimate of drug-likeness (QED) is 0.478. The Morgan fingerprint density at radius 1 is 1.04 bits per heavy atom. The fraction of sp³-hybridized carbons (Fsp3) is 0.696. The molecule has 1 fully saturated rings. The van der Waals surface area contributed by atoms with Crippen LogP contribution in [-0.4, -0.2) is 35.9 Å². The van der Waals surface area contributed by atoms with Gasteiger partial charge in [-0.2, -0.15) is 0 Å². The van der Waals surface area contributed by atoms with Crippen LogP contribution in [0.3, 0.4) is 0 Å². The number of benzene rings is 1. The number of piperidine rings is 1. The van der Waals surface area contributed by atoms with Gasteiger partial charge in [-0.05, 0) is 56.2 Å². The van der Waals surface area contributed by atoms with Gasteiger partial charge in [0.15, 0.2) is 5.78 Å². The Hall–Kier alpha value is -0.0461. The Kier molecular flexibility index (Phi) is 10.8. The second kappa shape index (κ2) is 11.7. The van der Waals surface area contributed by atoms with Gasteiger partial charge in [0.05, 0.1) is 19.6 Å². The Bertz CT molecular complexity index is 543. The van der Waals surface area contributed by atoms with Gasteiger partial charge in [-0.1, -0.05) is 44.9 Å². The zero-order chi connectivity index (χ0) is 18.3. The normalized spacial score (nSPS) is 17.4. The number of carbonyl (C=O) groups excluding carboxylic acids is 1. The molecular weight excluding hydrogens is 395 g/mol. The van der Waals surface area contributed by atoms with Gasteiger partial charge in [-0.15, -0.1) is 0 Å². The number of hydrogen-bond donors (Lipinski definition) is 0. The first-order chi connectivity index (χ1) is 12.0. The van der Waals surface area contributed by atoms with Crippen LogP contribution in [-0.2, 0) is 43.9 Å². The van der Waals surface area contributed by atoms with Gasteiger partial charge >= 0.3 is 0 Å². The zero-order valence-electron chi connectivity index (χ0n) is 17.5. The van der Waals surface area contributed by atoms with Crippen LogP contribution in [0, 0.1) is 13.8 Å². The van der Waals surface area contributed by atoms with Crippen molar-refractivity contribution in [3.05, 3.63) is 34.9 Å². The monoisotopic (exact) mass is 433 g/mol. The molecule has 0 aliphatic carbocycles. The molecule has 1 aromatic carbocycles. The number of rotatable bonds is 9. The van der Waals surface area contributed by atoms with Gasteiger partial charge in [0.2, 0.25) is 0 Å². The van der Waals surface area contributed by atoms with Crippen molar-refractivity contribution in [1.29, 1.82) is 0 Å². The molecule has 1 atom stereocenters. The maximum absolute atomic E-state index is 13.5. The summed E-state index contributed by atoms with van der Waals surface area (Å²) in [5.41, 5.74) is 3.80. The van der Waals surface area contributed by atoms with E-state index in [1.54, 1.807) is 0 Å². The number of Topliss-reactive ketones (excluding diaryl/α,β-unsaturated/α-hetero) is 1. The molecule has 0 saturated carbocycles. The van der Waals surface area contributed by atoms with E-state index >= 15 is 0 Å². The second-order valence-electron chi connectivity index (χ2n) is 8.12. The standard InChI is InChI=1S/C23H38NO.Y/c1-5-7-15-24(16-9-8-10-17-24)22(12-6-2)23(25)18-21-19(3)13-11-14-20(21)4;/h11,13-14,22H,5-10,12,15-18H2,1-4H3;/q+1;/t22-;/m0./s1. The molecule has 0 amide bonds. The van der Waals surface area contributed by atoms with Crippen LogP contribution in [0.2, 0.25) is 0 Å². The summed E-state index contributed by atoms with van der Waals surface area (Å²) < 4.78 is 1.07. The first-order valence-electron chi connectivity index (χ1n) is 10.5. The van der Waals surface area contributed by atoms with E-state index in [1.165, 1.54) is 68.4 Å². The summed E-state index contributed by atoms with van der Waals surface area (Å²) in [7, 11) is 0. The molecule has 1 heterocycles. The van der Waals surface area contributed by atoms with Crippen molar-refractivity contribution in [2.24, 2.45) is 0 Å². The topological polar surface area (TPSA) is 17.1 Å². The van der Waals surface area contributed by atoms with Crippen molar-refractivity contribution in [2.45, 2.75) is 85.1 Å². The molecule has 2 rings (SSSR count). The zero-order valence-corrected chi connectivity index (χ0v) is 20.4. The molecule has 0 spiro atoms. The smallest absolute Gasteiger partial charge is 0.194 e. The Morgan fingerprint density at radius 3 is 2.19 bits per heavy atom. The van der Waals surface area contributed by atoms with Crippen LogP contribution in [0.4, 0.5) is 0 Å². The number of likely N-dealkylation sites (tertiary alicyclic amines) is 1. The minimum absolute atomic E-state index is 0. The van der Waals surface area contributed by atoms with E-state index in [1.807, 2.05) is 0 Å². The number of unbranched alkanes of at least 4 members (excludes halogenated alkanes) is 1. The predicted octanol–water partition coefficient (Wildman–Crippen LogP) is 5.38. The molecule has 143 valence electrons. The molecule has 1 aromatic rings. The number of aryl methyl sites for hydroxylation is 2. The number of nitrogens with zero attached hydrogens (tertiary/aromatic N) is 1. The third kappa shape index (κ3) is 5.98. The van der Waals surface area contributed by atoms with Crippen LogP contribution in [0.5, 0.6) is 0 Å². The number of hydrogen-bond acceptors (Lipinski definition) is 1. The third-order valence-corrected chi connectivity index (χ3v) is 6.25. The number of carbonyl (C=O) groups is 1. The van der Waals surface area contributed by atoms with Crippen molar-refractivity contribution in [3.8, 4) is 0 Å². The molecular formula is C23H38NOY+. The summed E-state index contributed by atoms with van der Waals surface area (Å²) in [5.74, 6) is 0.484. The fourth-order valence-electron chi connectivity index (χ4n) is 4.74. The van der Waals surface area contributed by atoms with Crippen LogP contribution < -0.4 is 0 Å². The molecule has 1 saturated heterocycles. The molecule has 0 bridgehead atoms. The molecule has 0 N–H and O–H groups in total. The van der Waals surface area contributed by atoms with Gasteiger partial charge in [0, 0.05) is 45.6 Å². The van der Waals surface area contributed by atoms with Crippen LogP contribution in [0.25, 0.3) is 0 Å². The van der Waals surface area contributed by atoms with Crippen LogP contribution >= 0.6 is 0 Å².